The fourth-order valence-corrected chi connectivity index (χ4v) is 1.60. The number of nitrogens with zero attached hydrogens (tertiary/aromatic N) is 2. The molecule has 0 aliphatic rings. The Labute approximate surface area is 101 Å². The Hall–Kier alpha value is -1.78. The first-order valence-electron chi connectivity index (χ1n) is 5.31. The quantitative estimate of drug-likeness (QED) is 0.860. The van der Waals surface area contributed by atoms with Crippen molar-refractivity contribution >= 4 is 11.8 Å². The van der Waals surface area contributed by atoms with E-state index in [1.165, 1.54) is 12.0 Å². The third-order valence-electron chi connectivity index (χ3n) is 2.36. The highest BCUT2D eigenvalue weighted by molar-refractivity contribution is 5.88. The van der Waals surface area contributed by atoms with Crippen LogP contribution in [0.3, 0.4) is 0 Å². The summed E-state index contributed by atoms with van der Waals surface area (Å²) in [4.78, 5) is 16.7. The van der Waals surface area contributed by atoms with Crippen molar-refractivity contribution in [2.75, 3.05) is 12.0 Å². The summed E-state index contributed by atoms with van der Waals surface area (Å²) in [5.41, 5.74) is 0.864. The second kappa shape index (κ2) is 4.61. The van der Waals surface area contributed by atoms with E-state index < -0.39 is 11.6 Å². The minimum atomic E-state index is -0.992. The Kier molecular flexibility index (Phi) is 3.60. The van der Waals surface area contributed by atoms with Crippen LogP contribution in [0.25, 0.3) is 0 Å². The van der Waals surface area contributed by atoms with Crippen LogP contribution in [0.1, 0.15) is 26.3 Å². The lowest BCUT2D eigenvalue weighted by atomic mass is 10.0. The van der Waals surface area contributed by atoms with Gasteiger partial charge in [-0.25, -0.2) is 9.78 Å². The molecular formula is C12H18N2O3. The van der Waals surface area contributed by atoms with Gasteiger partial charge in [-0.1, -0.05) is 0 Å². The van der Waals surface area contributed by atoms with Gasteiger partial charge in [0.05, 0.1) is 12.8 Å². The minimum absolute atomic E-state index is 0.404. The van der Waals surface area contributed by atoms with Crippen LogP contribution in [0.2, 0.25) is 0 Å². The number of hydrogen-bond donors (Lipinski definition) is 1. The van der Waals surface area contributed by atoms with Crippen molar-refractivity contribution < 1.29 is 14.6 Å². The number of aryl methyl sites for hydroxylation is 1. The lowest BCUT2D eigenvalue weighted by molar-refractivity contribution is 0.195. The van der Waals surface area contributed by atoms with E-state index in [4.69, 9.17) is 4.74 Å². The SMILES string of the molecule is COc1cc(N(C(=O)O)C(C)(C)C)c(C)cn1. The molecule has 1 aromatic heterocycles. The first kappa shape index (κ1) is 13.3. The summed E-state index contributed by atoms with van der Waals surface area (Å²) in [6.07, 6.45) is 0.615. The first-order chi connectivity index (χ1) is 7.77. The molecule has 1 N–H and O–H groups in total. The highest BCUT2D eigenvalue weighted by Gasteiger charge is 2.29. The molecule has 1 amide bonds. The zero-order valence-corrected chi connectivity index (χ0v) is 10.8. The van der Waals surface area contributed by atoms with Gasteiger partial charge in [-0.3, -0.25) is 4.90 Å². The van der Waals surface area contributed by atoms with E-state index >= 15 is 0 Å². The summed E-state index contributed by atoms with van der Waals surface area (Å²) < 4.78 is 5.02. The van der Waals surface area contributed by atoms with Gasteiger partial charge in [0, 0.05) is 17.8 Å². The van der Waals surface area contributed by atoms with Crippen LogP contribution in [-0.2, 0) is 0 Å². The molecule has 1 heterocycles. The molecule has 0 bridgehead atoms. The average molecular weight is 238 g/mol. The number of ether oxygens (including phenoxy) is 1. The number of pyridine rings is 1. The maximum absolute atomic E-state index is 11.4. The minimum Gasteiger partial charge on any atom is -0.481 e. The van der Waals surface area contributed by atoms with Gasteiger partial charge < -0.3 is 9.84 Å². The van der Waals surface area contributed by atoms with E-state index in [0.29, 0.717) is 11.6 Å². The summed E-state index contributed by atoms with van der Waals surface area (Å²) in [7, 11) is 1.50. The Morgan fingerprint density at radius 2 is 2.06 bits per heavy atom. The van der Waals surface area contributed by atoms with E-state index in [-0.39, 0.29) is 0 Å². The van der Waals surface area contributed by atoms with Gasteiger partial charge in [-0.2, -0.15) is 0 Å². The molecule has 0 aliphatic heterocycles. The second-order valence-electron chi connectivity index (χ2n) is 4.80. The van der Waals surface area contributed by atoms with Gasteiger partial charge in [0.2, 0.25) is 5.88 Å². The van der Waals surface area contributed by atoms with Crippen molar-refractivity contribution in [3.63, 3.8) is 0 Å². The third kappa shape index (κ3) is 2.87. The highest BCUT2D eigenvalue weighted by Crippen LogP contribution is 2.29. The third-order valence-corrected chi connectivity index (χ3v) is 2.36. The van der Waals surface area contributed by atoms with Crippen molar-refractivity contribution in [1.82, 2.24) is 4.98 Å². The second-order valence-corrected chi connectivity index (χ2v) is 4.80. The molecule has 17 heavy (non-hydrogen) atoms. The number of anilines is 1. The van der Waals surface area contributed by atoms with E-state index in [0.717, 1.165) is 5.56 Å². The van der Waals surface area contributed by atoms with Gasteiger partial charge in [-0.05, 0) is 33.3 Å². The van der Waals surface area contributed by atoms with Crippen molar-refractivity contribution in [2.45, 2.75) is 33.2 Å². The molecule has 0 radical (unpaired) electrons. The number of carboxylic acid groups (broad SMARTS) is 1. The molecule has 0 spiro atoms. The summed E-state index contributed by atoms with van der Waals surface area (Å²) in [5.74, 6) is 0.404. The number of aromatic nitrogens is 1. The smallest absolute Gasteiger partial charge is 0.412 e. The molecule has 5 nitrogen and oxygen atoms in total. The standard InChI is InChI=1S/C12H18N2O3/c1-8-7-13-10(17-5)6-9(8)14(11(15)16)12(2,3)4/h6-7H,1-5H3,(H,15,16). The molecule has 94 valence electrons. The fourth-order valence-electron chi connectivity index (χ4n) is 1.60. The molecule has 0 aromatic carbocycles. The summed E-state index contributed by atoms with van der Waals surface area (Å²) in [6.45, 7) is 7.35. The van der Waals surface area contributed by atoms with Crippen molar-refractivity contribution in [2.24, 2.45) is 0 Å². The van der Waals surface area contributed by atoms with E-state index in [9.17, 15) is 9.90 Å². The lowest BCUT2D eigenvalue weighted by Gasteiger charge is -2.34. The number of hydrogen-bond acceptors (Lipinski definition) is 3. The largest absolute Gasteiger partial charge is 0.481 e. The van der Waals surface area contributed by atoms with Gasteiger partial charge in [0.25, 0.3) is 0 Å². The molecule has 0 atom stereocenters. The van der Waals surface area contributed by atoms with Crippen LogP contribution in [0.5, 0.6) is 5.88 Å². The maximum Gasteiger partial charge on any atom is 0.412 e. The monoisotopic (exact) mass is 238 g/mol. The van der Waals surface area contributed by atoms with Crippen LogP contribution in [0.15, 0.2) is 12.3 Å². The molecule has 0 unspecified atom stereocenters. The predicted molar refractivity (Wildman–Crippen MR) is 65.8 cm³/mol. The number of carbonyl (C=O) groups is 1. The molecule has 0 saturated carbocycles. The van der Waals surface area contributed by atoms with Gasteiger partial charge in [0.15, 0.2) is 0 Å². The Bertz CT molecular complexity index is 424. The average Bonchev–Trinajstić information content (AvgIpc) is 2.18. The maximum atomic E-state index is 11.4. The van der Waals surface area contributed by atoms with Gasteiger partial charge in [0.1, 0.15) is 0 Å². The van der Waals surface area contributed by atoms with Crippen LogP contribution >= 0.6 is 0 Å². The van der Waals surface area contributed by atoms with E-state index in [2.05, 4.69) is 4.98 Å². The van der Waals surface area contributed by atoms with Crippen LogP contribution in [0, 0.1) is 6.92 Å². The topological polar surface area (TPSA) is 62.7 Å². The number of rotatable bonds is 2. The predicted octanol–water partition coefficient (Wildman–Crippen LogP) is 2.68. The molecular weight excluding hydrogens is 220 g/mol. The highest BCUT2D eigenvalue weighted by atomic mass is 16.5. The Morgan fingerprint density at radius 3 is 2.47 bits per heavy atom. The zero-order chi connectivity index (χ0) is 13.2. The summed E-state index contributed by atoms with van der Waals surface area (Å²) in [6, 6.07) is 1.63. The van der Waals surface area contributed by atoms with Crippen molar-refractivity contribution in [3.8, 4) is 5.88 Å². The van der Waals surface area contributed by atoms with Gasteiger partial charge in [-0.15, -0.1) is 0 Å². The Morgan fingerprint density at radius 1 is 1.47 bits per heavy atom. The van der Waals surface area contributed by atoms with Crippen LogP contribution in [-0.4, -0.2) is 28.8 Å². The van der Waals surface area contributed by atoms with Crippen LogP contribution < -0.4 is 9.64 Å². The van der Waals surface area contributed by atoms with Crippen molar-refractivity contribution in [1.29, 1.82) is 0 Å². The normalized spacial score (nSPS) is 11.1. The summed E-state index contributed by atoms with van der Waals surface area (Å²) >= 11 is 0. The molecule has 0 aliphatic carbocycles. The molecule has 5 heteroatoms. The van der Waals surface area contributed by atoms with Crippen LogP contribution in [0.4, 0.5) is 10.5 Å². The van der Waals surface area contributed by atoms with Crippen molar-refractivity contribution in [3.05, 3.63) is 17.8 Å². The number of amides is 1. The molecule has 0 saturated heterocycles. The van der Waals surface area contributed by atoms with E-state index in [1.54, 1.807) is 12.3 Å². The molecule has 1 rings (SSSR count). The number of methoxy groups -OCH3 is 1. The summed E-state index contributed by atoms with van der Waals surface area (Å²) in [5, 5.41) is 9.32. The molecule has 0 fully saturated rings. The molecule has 1 aromatic rings. The fraction of sp³-hybridized carbons (Fsp3) is 0.500. The Balaban J connectivity index is 3.32. The first-order valence-corrected chi connectivity index (χ1v) is 5.31. The zero-order valence-electron chi connectivity index (χ0n) is 10.8. The lowest BCUT2D eigenvalue weighted by Crippen LogP contribution is -2.45. The van der Waals surface area contributed by atoms with Gasteiger partial charge >= 0.3 is 6.09 Å². The van der Waals surface area contributed by atoms with E-state index in [1.807, 2.05) is 27.7 Å².